The number of carbonyl (C=O) groups is 4. The molecule has 0 spiro atoms. The van der Waals surface area contributed by atoms with Gasteiger partial charge in [0.2, 0.25) is 11.8 Å². The number of H-pyrrole nitrogens is 1. The molecule has 10 heteroatoms. The molecular weight excluding hydrogens is 610 g/mol. The highest BCUT2D eigenvalue weighted by molar-refractivity contribution is 5.87. The van der Waals surface area contributed by atoms with E-state index in [1.165, 1.54) is 0 Å². The highest BCUT2D eigenvalue weighted by Gasteiger charge is 2.29. The van der Waals surface area contributed by atoms with E-state index in [2.05, 4.69) is 28.8 Å². The molecular formula is C38H49N3O7. The molecule has 0 saturated heterocycles. The Hall–Kier alpha value is -4.70. The molecule has 4 atom stereocenters. The minimum absolute atomic E-state index is 0.125. The fourth-order valence-corrected chi connectivity index (χ4v) is 5.44. The van der Waals surface area contributed by atoms with Crippen LogP contribution >= 0.6 is 0 Å². The van der Waals surface area contributed by atoms with E-state index in [0.717, 1.165) is 22.0 Å². The second kappa shape index (κ2) is 18.6. The summed E-state index contributed by atoms with van der Waals surface area (Å²) in [5.41, 5.74) is 2.10. The molecule has 10 nitrogen and oxygen atoms in total. The number of para-hydroxylation sites is 1. The van der Waals surface area contributed by atoms with Crippen molar-refractivity contribution in [1.29, 1.82) is 0 Å². The number of amides is 2. The SMILES string of the molecule is C=CC[C@@H](CC(=O)N[C@H](CO)Cc1ccccc1)C(=O)N[C@H](COC(=O)[C@@H](CC=C)CC(=O)OC(C)(C)C)Cc1c[nH]c2ccccc12. The number of rotatable bonds is 19. The Morgan fingerprint density at radius 2 is 1.54 bits per heavy atom. The number of benzene rings is 2. The lowest BCUT2D eigenvalue weighted by atomic mass is 9.97. The fraction of sp³-hybridized carbons (Fsp3) is 0.421. The Kier molecular flexibility index (Phi) is 14.6. The van der Waals surface area contributed by atoms with Gasteiger partial charge in [0.05, 0.1) is 36.9 Å². The summed E-state index contributed by atoms with van der Waals surface area (Å²) in [6.07, 6.45) is 5.91. The van der Waals surface area contributed by atoms with Gasteiger partial charge in [0.1, 0.15) is 12.2 Å². The van der Waals surface area contributed by atoms with Gasteiger partial charge in [-0.2, -0.15) is 0 Å². The van der Waals surface area contributed by atoms with Crippen LogP contribution in [-0.4, -0.2) is 64.7 Å². The molecule has 0 unspecified atom stereocenters. The van der Waals surface area contributed by atoms with Crippen molar-refractivity contribution in [3.05, 3.63) is 97.2 Å². The predicted octanol–water partition coefficient (Wildman–Crippen LogP) is 4.96. The van der Waals surface area contributed by atoms with Crippen LogP contribution in [0.2, 0.25) is 0 Å². The largest absolute Gasteiger partial charge is 0.463 e. The van der Waals surface area contributed by atoms with Crippen LogP contribution in [0.1, 0.15) is 57.6 Å². The van der Waals surface area contributed by atoms with Crippen LogP contribution in [0.3, 0.4) is 0 Å². The van der Waals surface area contributed by atoms with Crippen molar-refractivity contribution in [2.24, 2.45) is 11.8 Å². The minimum Gasteiger partial charge on any atom is -0.463 e. The molecule has 4 N–H and O–H groups in total. The van der Waals surface area contributed by atoms with Crippen LogP contribution in [0.15, 0.2) is 86.1 Å². The number of esters is 2. The van der Waals surface area contributed by atoms with Gasteiger partial charge in [0.15, 0.2) is 0 Å². The summed E-state index contributed by atoms with van der Waals surface area (Å²) in [6, 6.07) is 16.1. The van der Waals surface area contributed by atoms with Gasteiger partial charge in [-0.25, -0.2) is 0 Å². The summed E-state index contributed by atoms with van der Waals surface area (Å²) < 4.78 is 11.1. The quantitative estimate of drug-likeness (QED) is 0.105. The number of fused-ring (bicyclic) bond motifs is 1. The highest BCUT2D eigenvalue weighted by Crippen LogP contribution is 2.21. The molecule has 2 aromatic carbocycles. The summed E-state index contributed by atoms with van der Waals surface area (Å²) in [5, 5.41) is 16.7. The van der Waals surface area contributed by atoms with Crippen LogP contribution in [0, 0.1) is 11.8 Å². The first-order valence-corrected chi connectivity index (χ1v) is 16.3. The minimum atomic E-state index is -0.797. The molecule has 2 amide bonds. The lowest BCUT2D eigenvalue weighted by Gasteiger charge is -2.24. The summed E-state index contributed by atoms with van der Waals surface area (Å²) >= 11 is 0. The number of allylic oxidation sites excluding steroid dienone is 2. The van der Waals surface area contributed by atoms with Crippen molar-refractivity contribution < 1.29 is 33.8 Å². The molecule has 1 heterocycles. The van der Waals surface area contributed by atoms with Gasteiger partial charge in [0.25, 0.3) is 0 Å². The summed E-state index contributed by atoms with van der Waals surface area (Å²) in [4.78, 5) is 55.6. The van der Waals surface area contributed by atoms with Gasteiger partial charge in [-0.3, -0.25) is 19.2 Å². The smallest absolute Gasteiger partial charge is 0.309 e. The molecule has 258 valence electrons. The normalized spacial score (nSPS) is 13.8. The molecule has 3 aromatic rings. The third-order valence-electron chi connectivity index (χ3n) is 7.70. The van der Waals surface area contributed by atoms with Crippen molar-refractivity contribution in [3.63, 3.8) is 0 Å². The standard InChI is InChI=1S/C38H49N3O7/c1-6-13-27(21-34(43)40-30(24-42)19-26-15-9-8-10-16-26)36(45)41-31(20-29-23-39-33-18-12-11-17-32(29)33)25-47-37(46)28(14-7-2)22-35(44)48-38(3,4)5/h6-12,15-18,23,27-28,30-31,39,42H,1-2,13-14,19-22,24-25H2,3-5H3,(H,40,43)(H,41,45)/t27-,28-,30-,31-/m0/s1. The maximum absolute atomic E-state index is 13.7. The number of nitrogens with one attached hydrogen (secondary N) is 3. The topological polar surface area (TPSA) is 147 Å². The molecule has 1 aromatic heterocycles. The predicted molar refractivity (Wildman–Crippen MR) is 186 cm³/mol. The molecule has 0 radical (unpaired) electrons. The van der Waals surface area contributed by atoms with Gasteiger partial charge in [0, 0.05) is 23.5 Å². The van der Waals surface area contributed by atoms with Crippen molar-refractivity contribution in [2.45, 2.75) is 77.0 Å². The molecule has 0 saturated carbocycles. The van der Waals surface area contributed by atoms with E-state index in [9.17, 15) is 24.3 Å². The lowest BCUT2D eigenvalue weighted by molar-refractivity contribution is -0.161. The summed E-state index contributed by atoms with van der Waals surface area (Å²) in [6.45, 7) is 12.3. The van der Waals surface area contributed by atoms with E-state index in [0.29, 0.717) is 12.8 Å². The maximum atomic E-state index is 13.7. The first-order valence-electron chi connectivity index (χ1n) is 16.3. The van der Waals surface area contributed by atoms with Crippen molar-refractivity contribution >= 4 is 34.7 Å². The van der Waals surface area contributed by atoms with Crippen LogP contribution in [-0.2, 0) is 41.5 Å². The Labute approximate surface area is 283 Å². The zero-order chi connectivity index (χ0) is 35.1. The van der Waals surface area contributed by atoms with Crippen molar-refractivity contribution in [2.75, 3.05) is 13.2 Å². The first kappa shape index (κ1) is 37.8. The Morgan fingerprint density at radius 3 is 2.21 bits per heavy atom. The number of ether oxygens (including phenoxy) is 2. The average molecular weight is 660 g/mol. The molecule has 0 aliphatic heterocycles. The summed E-state index contributed by atoms with van der Waals surface area (Å²) in [7, 11) is 0. The van der Waals surface area contributed by atoms with E-state index in [4.69, 9.17) is 9.47 Å². The highest BCUT2D eigenvalue weighted by atomic mass is 16.6. The Morgan fingerprint density at radius 1 is 0.875 bits per heavy atom. The van der Waals surface area contributed by atoms with Crippen molar-refractivity contribution in [3.8, 4) is 0 Å². The molecule has 0 bridgehead atoms. The maximum Gasteiger partial charge on any atom is 0.309 e. The van der Waals surface area contributed by atoms with Crippen LogP contribution in [0.4, 0.5) is 0 Å². The van der Waals surface area contributed by atoms with Gasteiger partial charge in [-0.05, 0) is 63.6 Å². The van der Waals surface area contributed by atoms with Crippen LogP contribution < -0.4 is 10.6 Å². The lowest BCUT2D eigenvalue weighted by Crippen LogP contribution is -2.45. The zero-order valence-corrected chi connectivity index (χ0v) is 28.2. The van der Waals surface area contributed by atoms with Gasteiger partial charge in [-0.15, -0.1) is 13.2 Å². The van der Waals surface area contributed by atoms with E-state index in [1.54, 1.807) is 32.9 Å². The molecule has 0 fully saturated rings. The first-order chi connectivity index (χ1) is 22.9. The number of hydrogen-bond donors (Lipinski definition) is 4. The molecule has 3 rings (SSSR count). The average Bonchev–Trinajstić information content (AvgIpc) is 3.44. The second-order valence-corrected chi connectivity index (χ2v) is 13.0. The third kappa shape index (κ3) is 12.5. The number of aromatic amines is 1. The molecule has 0 aliphatic rings. The number of aliphatic hydroxyl groups is 1. The van der Waals surface area contributed by atoms with E-state index in [1.807, 2.05) is 60.8 Å². The fourth-order valence-electron chi connectivity index (χ4n) is 5.44. The second-order valence-electron chi connectivity index (χ2n) is 13.0. The third-order valence-corrected chi connectivity index (χ3v) is 7.70. The number of carbonyl (C=O) groups excluding carboxylic acids is 4. The number of hydrogen-bond acceptors (Lipinski definition) is 7. The van der Waals surface area contributed by atoms with E-state index < -0.39 is 47.4 Å². The Bertz CT molecular complexity index is 1530. The Balaban J connectivity index is 1.73. The van der Waals surface area contributed by atoms with Gasteiger partial charge < -0.3 is 30.2 Å². The molecule has 0 aliphatic carbocycles. The van der Waals surface area contributed by atoms with Crippen LogP contribution in [0.5, 0.6) is 0 Å². The zero-order valence-electron chi connectivity index (χ0n) is 28.2. The monoisotopic (exact) mass is 659 g/mol. The van der Waals surface area contributed by atoms with Crippen molar-refractivity contribution in [1.82, 2.24) is 15.6 Å². The molecule has 48 heavy (non-hydrogen) atoms. The summed E-state index contributed by atoms with van der Waals surface area (Å²) in [5.74, 6) is -3.44. The van der Waals surface area contributed by atoms with Gasteiger partial charge in [-0.1, -0.05) is 60.7 Å². The van der Waals surface area contributed by atoms with Crippen LogP contribution in [0.25, 0.3) is 10.9 Å². The van der Waals surface area contributed by atoms with E-state index in [-0.39, 0.29) is 44.8 Å². The van der Waals surface area contributed by atoms with Gasteiger partial charge >= 0.3 is 11.9 Å². The number of aliphatic hydroxyl groups excluding tert-OH is 1. The van der Waals surface area contributed by atoms with E-state index >= 15 is 0 Å². The number of aromatic nitrogens is 1.